The number of fused-ring (bicyclic) bond motifs is 2. The topological polar surface area (TPSA) is 78.6 Å². The highest BCUT2D eigenvalue weighted by Gasteiger charge is 2.44. The minimum Gasteiger partial charge on any atom is -0.462 e. The Morgan fingerprint density at radius 1 is 1.11 bits per heavy atom. The average molecular weight is 668 g/mol. The van der Waals surface area contributed by atoms with E-state index < -0.39 is 29.7 Å². The van der Waals surface area contributed by atoms with Crippen molar-refractivity contribution < 1.29 is 23.0 Å². The van der Waals surface area contributed by atoms with E-state index in [1.165, 1.54) is 0 Å². The molecule has 0 spiro atoms. The first kappa shape index (κ1) is 33.0. The van der Waals surface area contributed by atoms with E-state index >= 15 is 0 Å². The highest BCUT2D eigenvalue weighted by atomic mass is 35.5. The van der Waals surface area contributed by atoms with E-state index in [2.05, 4.69) is 20.7 Å². The fraction of sp³-hybridized carbons (Fsp3) is 0.529. The van der Waals surface area contributed by atoms with Crippen molar-refractivity contribution in [2.24, 2.45) is 0 Å². The molecule has 4 heterocycles. The zero-order valence-corrected chi connectivity index (χ0v) is 27.9. The normalized spacial score (nSPS) is 21.4. The SMILES string of the molecule is [C-]#[N+]C[C@H]1CN(c2nc(OC[C@@H]3CC(F)(F)CN3C)nc3c2CCN(c2cccc4cccc(Cl)c24)C3)CCN1C(=O)OC(C)(C)C. The van der Waals surface area contributed by atoms with Crippen LogP contribution < -0.4 is 14.5 Å². The maximum atomic E-state index is 14.1. The van der Waals surface area contributed by atoms with Gasteiger partial charge in [-0.05, 0) is 51.8 Å². The summed E-state index contributed by atoms with van der Waals surface area (Å²) >= 11 is 6.68. The van der Waals surface area contributed by atoms with Gasteiger partial charge in [-0.2, -0.15) is 9.97 Å². The summed E-state index contributed by atoms with van der Waals surface area (Å²) in [5.74, 6) is -2.08. The van der Waals surface area contributed by atoms with E-state index in [0.29, 0.717) is 50.0 Å². The number of likely N-dealkylation sites (N-methyl/N-ethyl adjacent to an activating group) is 1. The smallest absolute Gasteiger partial charge is 0.410 e. The van der Waals surface area contributed by atoms with Crippen molar-refractivity contribution in [2.75, 3.05) is 62.7 Å². The summed E-state index contributed by atoms with van der Waals surface area (Å²) in [6.45, 7) is 15.2. The van der Waals surface area contributed by atoms with Gasteiger partial charge in [-0.1, -0.05) is 35.9 Å². The highest BCUT2D eigenvalue weighted by Crippen LogP contribution is 2.38. The molecule has 3 aromatic rings. The van der Waals surface area contributed by atoms with Crippen LogP contribution in [0.5, 0.6) is 6.01 Å². The van der Waals surface area contributed by atoms with Crippen LogP contribution in [-0.4, -0.2) is 102 Å². The molecule has 2 aromatic carbocycles. The summed E-state index contributed by atoms with van der Waals surface area (Å²) in [5.41, 5.74) is 2.09. The van der Waals surface area contributed by atoms with Crippen molar-refractivity contribution >= 4 is 40.0 Å². The zero-order valence-electron chi connectivity index (χ0n) is 27.2. The second-order valence-corrected chi connectivity index (χ2v) is 14.0. The monoisotopic (exact) mass is 667 g/mol. The summed E-state index contributed by atoms with van der Waals surface area (Å²) in [7, 11) is 1.67. The fourth-order valence-corrected chi connectivity index (χ4v) is 7.02. The molecule has 0 N–H and O–H groups in total. The maximum absolute atomic E-state index is 14.1. The first-order valence-electron chi connectivity index (χ1n) is 15.9. The van der Waals surface area contributed by atoms with Crippen molar-refractivity contribution in [2.45, 2.75) is 63.8 Å². The Morgan fingerprint density at radius 3 is 2.57 bits per heavy atom. The van der Waals surface area contributed by atoms with Crippen LogP contribution in [0.1, 0.15) is 38.4 Å². The van der Waals surface area contributed by atoms with E-state index in [9.17, 15) is 13.6 Å². The lowest BCUT2D eigenvalue weighted by molar-refractivity contribution is 0.0134. The van der Waals surface area contributed by atoms with Crippen LogP contribution in [0, 0.1) is 6.57 Å². The summed E-state index contributed by atoms with van der Waals surface area (Å²) in [5, 5.41) is 2.68. The lowest BCUT2D eigenvalue weighted by atomic mass is 10.0. The minimum atomic E-state index is -2.77. The van der Waals surface area contributed by atoms with Crippen LogP contribution in [0.3, 0.4) is 0 Å². The Hall–Kier alpha value is -3.95. The van der Waals surface area contributed by atoms with Gasteiger partial charge < -0.3 is 24.1 Å². The van der Waals surface area contributed by atoms with Gasteiger partial charge in [-0.15, -0.1) is 0 Å². The van der Waals surface area contributed by atoms with Crippen LogP contribution in [0.4, 0.5) is 25.1 Å². The number of hydrogen-bond donors (Lipinski definition) is 0. The Bertz CT molecular complexity index is 1690. The second kappa shape index (κ2) is 12.9. The molecule has 0 aliphatic carbocycles. The number of rotatable bonds is 6. The lowest BCUT2D eigenvalue weighted by Crippen LogP contribution is -2.57. The number of carbonyl (C=O) groups is 1. The van der Waals surface area contributed by atoms with E-state index in [-0.39, 0.29) is 32.1 Å². The number of hydrogen-bond acceptors (Lipinski definition) is 8. The number of nitrogens with zero attached hydrogens (tertiary/aromatic N) is 7. The zero-order chi connectivity index (χ0) is 33.5. The van der Waals surface area contributed by atoms with Crippen molar-refractivity contribution in [3.63, 3.8) is 0 Å². The van der Waals surface area contributed by atoms with Crippen molar-refractivity contribution in [3.8, 4) is 6.01 Å². The molecule has 0 saturated carbocycles. The molecule has 6 rings (SSSR count). The molecule has 3 aliphatic rings. The lowest BCUT2D eigenvalue weighted by Gasteiger charge is -2.41. The number of amides is 1. The Labute approximate surface area is 279 Å². The van der Waals surface area contributed by atoms with Gasteiger partial charge in [0.1, 0.15) is 24.1 Å². The van der Waals surface area contributed by atoms with E-state index in [1.54, 1.807) is 16.8 Å². The summed E-state index contributed by atoms with van der Waals surface area (Å²) in [6, 6.07) is 11.2. The number of alkyl halides is 2. The number of ether oxygens (including phenoxy) is 2. The van der Waals surface area contributed by atoms with Crippen LogP contribution in [0.2, 0.25) is 5.02 Å². The third-order valence-corrected chi connectivity index (χ3v) is 9.27. The number of benzene rings is 2. The number of likely N-dealkylation sites (tertiary alicyclic amines) is 1. The first-order chi connectivity index (χ1) is 22.3. The summed E-state index contributed by atoms with van der Waals surface area (Å²) in [4.78, 5) is 33.9. The third kappa shape index (κ3) is 7.16. The quantitative estimate of drug-likeness (QED) is 0.301. The van der Waals surface area contributed by atoms with Gasteiger partial charge in [0.2, 0.25) is 6.54 Å². The van der Waals surface area contributed by atoms with Gasteiger partial charge in [-0.3, -0.25) is 9.80 Å². The van der Waals surface area contributed by atoms with Crippen molar-refractivity contribution in [1.29, 1.82) is 0 Å². The molecule has 0 unspecified atom stereocenters. The van der Waals surface area contributed by atoms with E-state index in [1.807, 2.05) is 51.1 Å². The molecule has 10 nitrogen and oxygen atoms in total. The number of piperazine rings is 1. The van der Waals surface area contributed by atoms with Crippen molar-refractivity contribution in [1.82, 2.24) is 19.8 Å². The Kier molecular flexibility index (Phi) is 9.06. The van der Waals surface area contributed by atoms with Crippen LogP contribution in [0.15, 0.2) is 36.4 Å². The van der Waals surface area contributed by atoms with E-state index in [4.69, 9.17) is 37.6 Å². The molecule has 3 aliphatic heterocycles. The van der Waals surface area contributed by atoms with Crippen LogP contribution in [0.25, 0.3) is 15.6 Å². The van der Waals surface area contributed by atoms with Gasteiger partial charge in [0.25, 0.3) is 5.92 Å². The third-order valence-electron chi connectivity index (χ3n) is 8.95. The number of carbonyl (C=O) groups excluding carboxylic acids is 1. The Balaban J connectivity index is 1.32. The maximum Gasteiger partial charge on any atom is 0.410 e. The molecule has 0 bridgehead atoms. The average Bonchev–Trinajstić information content (AvgIpc) is 3.29. The molecular formula is C34H40ClF2N7O3. The summed E-state index contributed by atoms with van der Waals surface area (Å²) < 4.78 is 40.0. The largest absolute Gasteiger partial charge is 0.462 e. The molecule has 2 saturated heterocycles. The predicted molar refractivity (Wildman–Crippen MR) is 178 cm³/mol. The Morgan fingerprint density at radius 2 is 1.87 bits per heavy atom. The van der Waals surface area contributed by atoms with Gasteiger partial charge in [0.15, 0.2) is 0 Å². The fourth-order valence-electron chi connectivity index (χ4n) is 6.75. The molecule has 2 atom stereocenters. The number of aromatic nitrogens is 2. The first-order valence-corrected chi connectivity index (χ1v) is 16.3. The molecule has 0 radical (unpaired) electrons. The van der Waals surface area contributed by atoms with Gasteiger partial charge in [0, 0.05) is 55.3 Å². The predicted octanol–water partition coefficient (Wildman–Crippen LogP) is 5.91. The van der Waals surface area contributed by atoms with Crippen LogP contribution >= 0.6 is 11.6 Å². The number of halogens is 3. The van der Waals surface area contributed by atoms with Gasteiger partial charge in [-0.25, -0.2) is 20.1 Å². The molecule has 250 valence electrons. The highest BCUT2D eigenvalue weighted by molar-refractivity contribution is 6.36. The molecule has 13 heteroatoms. The molecule has 2 fully saturated rings. The molecule has 47 heavy (non-hydrogen) atoms. The summed E-state index contributed by atoms with van der Waals surface area (Å²) in [6.07, 6.45) is -0.0910. The standard InChI is InChI=1S/C34H40ClF2N7O3/c1-33(2,3)47-32(45)44-15-14-43(18-24(44)17-38-4)30-25-12-13-42(28-11-7-9-22-8-6-10-26(35)29(22)28)19-27(25)39-31(40-30)46-20-23-16-34(36,37)21-41(23)5/h6-11,23-24H,12-21H2,1-3,5H3/t23-,24-/m0/s1. The van der Waals surface area contributed by atoms with Crippen LogP contribution in [-0.2, 0) is 17.7 Å². The molecular weight excluding hydrogens is 628 g/mol. The minimum absolute atomic E-state index is 0.0275. The second-order valence-electron chi connectivity index (χ2n) is 13.6. The number of anilines is 2. The van der Waals surface area contributed by atoms with Crippen molar-refractivity contribution in [3.05, 3.63) is 64.1 Å². The van der Waals surface area contributed by atoms with E-state index in [0.717, 1.165) is 27.7 Å². The van der Waals surface area contributed by atoms with Gasteiger partial charge >= 0.3 is 12.1 Å². The van der Waals surface area contributed by atoms with Gasteiger partial charge in [0.05, 0.1) is 23.8 Å². The molecule has 1 amide bonds. The molecule has 1 aromatic heterocycles.